The number of anilines is 1. The third-order valence-electron chi connectivity index (χ3n) is 7.74. The van der Waals surface area contributed by atoms with Gasteiger partial charge in [0.1, 0.15) is 17.3 Å². The molecule has 47 heavy (non-hydrogen) atoms. The van der Waals surface area contributed by atoms with Gasteiger partial charge < -0.3 is 10.5 Å². The van der Waals surface area contributed by atoms with Crippen molar-refractivity contribution in [1.29, 1.82) is 0 Å². The number of halogens is 2. The Bertz CT molecular complexity index is 2420. The number of aryl methyl sites for hydroxylation is 1. The number of carbonyl (C=O) groups is 1. The summed E-state index contributed by atoms with van der Waals surface area (Å²) >= 11 is 1.51. The minimum Gasteiger partial charge on any atom is -0.454 e. The van der Waals surface area contributed by atoms with Crippen LogP contribution in [0.4, 0.5) is 14.6 Å². The van der Waals surface area contributed by atoms with E-state index in [9.17, 15) is 22.0 Å². The molecule has 8 nitrogen and oxygen atoms in total. The van der Waals surface area contributed by atoms with Crippen LogP contribution in [-0.4, -0.2) is 28.0 Å². The topological polar surface area (TPSA) is 109 Å². The number of benzene rings is 4. The number of nitrogen functional groups attached to an aromatic ring is 1. The molecule has 0 amide bonds. The van der Waals surface area contributed by atoms with Crippen molar-refractivity contribution < 1.29 is 26.7 Å². The first-order valence-electron chi connectivity index (χ1n) is 14.2. The van der Waals surface area contributed by atoms with Crippen LogP contribution in [0.2, 0.25) is 0 Å². The molecular formula is C35H24F2N4O4S2. The van der Waals surface area contributed by atoms with Crippen molar-refractivity contribution in [2.45, 2.75) is 11.8 Å². The summed E-state index contributed by atoms with van der Waals surface area (Å²) in [6.45, 7) is 1.74. The Morgan fingerprint density at radius 1 is 0.936 bits per heavy atom. The largest absolute Gasteiger partial charge is 0.454 e. The Balaban J connectivity index is 1.32. The first-order chi connectivity index (χ1) is 22.6. The van der Waals surface area contributed by atoms with Crippen LogP contribution in [0, 0.1) is 18.6 Å². The van der Waals surface area contributed by atoms with Crippen molar-refractivity contribution in [1.82, 2.24) is 13.8 Å². The molecule has 234 valence electrons. The number of rotatable bonds is 8. The highest BCUT2D eigenvalue weighted by Crippen LogP contribution is 2.36. The number of carbonyl (C=O) groups excluding carboxylic acids is 1. The van der Waals surface area contributed by atoms with E-state index >= 15 is 0 Å². The smallest absolute Gasteiger partial charge is 0.268 e. The lowest BCUT2D eigenvalue weighted by Crippen LogP contribution is -2.19. The van der Waals surface area contributed by atoms with Gasteiger partial charge in [0.2, 0.25) is 11.6 Å². The van der Waals surface area contributed by atoms with E-state index in [-0.39, 0.29) is 33.5 Å². The Morgan fingerprint density at radius 3 is 2.47 bits per heavy atom. The molecule has 0 saturated heterocycles. The molecule has 0 aliphatic rings. The van der Waals surface area contributed by atoms with E-state index in [2.05, 4.69) is 5.10 Å². The van der Waals surface area contributed by atoms with Crippen LogP contribution in [0.25, 0.3) is 27.7 Å². The van der Waals surface area contributed by atoms with Gasteiger partial charge in [0, 0.05) is 5.39 Å². The predicted molar refractivity (Wildman–Crippen MR) is 177 cm³/mol. The van der Waals surface area contributed by atoms with Crippen LogP contribution in [0.15, 0.2) is 119 Å². The lowest BCUT2D eigenvalue weighted by atomic mass is 10.0. The number of nitrogens with zero attached hydrogens (tertiary/aromatic N) is 3. The molecule has 7 aromatic rings. The van der Waals surface area contributed by atoms with Crippen molar-refractivity contribution in [2.75, 3.05) is 5.73 Å². The SMILES string of the molecule is Cc1cc(Oc2cccc(F)c2F)ccc1-n1ncc(C(=O)c2cc3c(-c4ccsc4)cccc3n2S(=O)(=O)c2ccccc2)c1N. The number of ether oxygens (including phenoxy) is 1. The van der Waals surface area contributed by atoms with Crippen LogP contribution in [0.1, 0.15) is 21.6 Å². The number of thiophene rings is 1. The molecule has 0 bridgehead atoms. The molecule has 12 heteroatoms. The lowest BCUT2D eigenvalue weighted by Gasteiger charge is -2.13. The first kappa shape index (κ1) is 30.1. The van der Waals surface area contributed by atoms with Gasteiger partial charge in [0.05, 0.1) is 27.9 Å². The molecule has 0 unspecified atom stereocenters. The summed E-state index contributed by atoms with van der Waals surface area (Å²) in [5.74, 6) is -2.82. The lowest BCUT2D eigenvalue weighted by molar-refractivity contribution is 0.103. The van der Waals surface area contributed by atoms with E-state index in [0.29, 0.717) is 22.2 Å². The summed E-state index contributed by atoms with van der Waals surface area (Å²) in [6, 6.07) is 25.1. The molecule has 0 aliphatic carbocycles. The highest BCUT2D eigenvalue weighted by Gasteiger charge is 2.30. The highest BCUT2D eigenvalue weighted by molar-refractivity contribution is 7.90. The number of aromatic nitrogens is 3. The average Bonchev–Trinajstić information content (AvgIpc) is 3.83. The number of fused-ring (bicyclic) bond motifs is 1. The second-order valence-electron chi connectivity index (χ2n) is 10.6. The fraction of sp³-hybridized carbons (Fsp3) is 0.0286. The predicted octanol–water partition coefficient (Wildman–Crippen LogP) is 7.98. The molecule has 0 spiro atoms. The van der Waals surface area contributed by atoms with Gasteiger partial charge in [0.15, 0.2) is 11.6 Å². The molecule has 3 heterocycles. The summed E-state index contributed by atoms with van der Waals surface area (Å²) < 4.78 is 64.0. The first-order valence-corrected chi connectivity index (χ1v) is 16.6. The van der Waals surface area contributed by atoms with Gasteiger partial charge in [0.25, 0.3) is 10.0 Å². The van der Waals surface area contributed by atoms with E-state index in [1.807, 2.05) is 22.9 Å². The molecule has 0 aliphatic heterocycles. The van der Waals surface area contributed by atoms with Crippen LogP contribution >= 0.6 is 11.3 Å². The molecule has 4 aromatic carbocycles. The van der Waals surface area contributed by atoms with Gasteiger partial charge in [-0.25, -0.2) is 21.5 Å². The number of ketones is 1. The second-order valence-corrected chi connectivity index (χ2v) is 13.2. The molecule has 0 saturated carbocycles. The van der Waals surface area contributed by atoms with Gasteiger partial charge >= 0.3 is 0 Å². The van der Waals surface area contributed by atoms with Crippen molar-refractivity contribution in [3.05, 3.63) is 142 Å². The Morgan fingerprint density at radius 2 is 1.72 bits per heavy atom. The summed E-state index contributed by atoms with van der Waals surface area (Å²) in [5, 5.41) is 8.82. The third-order valence-corrected chi connectivity index (χ3v) is 10.2. The zero-order valence-corrected chi connectivity index (χ0v) is 26.2. The molecule has 0 radical (unpaired) electrons. The number of nitrogens with two attached hydrogens (primary N) is 1. The van der Waals surface area contributed by atoms with Crippen LogP contribution in [-0.2, 0) is 10.0 Å². The van der Waals surface area contributed by atoms with Crippen LogP contribution in [0.3, 0.4) is 0 Å². The third kappa shape index (κ3) is 5.17. The van der Waals surface area contributed by atoms with Crippen molar-refractivity contribution in [3.8, 4) is 28.3 Å². The molecule has 0 atom stereocenters. The second kappa shape index (κ2) is 11.6. The molecule has 2 N–H and O–H groups in total. The van der Waals surface area contributed by atoms with Gasteiger partial charge in [-0.15, -0.1) is 0 Å². The minimum atomic E-state index is -4.23. The van der Waals surface area contributed by atoms with Crippen molar-refractivity contribution >= 4 is 43.9 Å². The molecular weight excluding hydrogens is 643 g/mol. The van der Waals surface area contributed by atoms with Crippen molar-refractivity contribution in [2.24, 2.45) is 0 Å². The van der Waals surface area contributed by atoms with E-state index < -0.39 is 27.4 Å². The van der Waals surface area contributed by atoms with Crippen molar-refractivity contribution in [3.63, 3.8) is 0 Å². The Hall–Kier alpha value is -5.59. The highest BCUT2D eigenvalue weighted by atomic mass is 32.2. The quantitative estimate of drug-likeness (QED) is 0.165. The summed E-state index contributed by atoms with van der Waals surface area (Å²) in [4.78, 5) is 14.3. The van der Waals surface area contributed by atoms with Gasteiger partial charge in [-0.05, 0) is 95.0 Å². The zero-order valence-electron chi connectivity index (χ0n) is 24.6. The van der Waals surface area contributed by atoms with E-state index in [4.69, 9.17) is 10.5 Å². The summed E-state index contributed by atoms with van der Waals surface area (Å²) in [7, 11) is -4.23. The zero-order chi connectivity index (χ0) is 32.9. The number of hydrogen-bond acceptors (Lipinski definition) is 7. The van der Waals surface area contributed by atoms with Crippen LogP contribution < -0.4 is 10.5 Å². The maximum absolute atomic E-state index is 14.3. The monoisotopic (exact) mass is 666 g/mol. The normalized spacial score (nSPS) is 11.6. The van der Waals surface area contributed by atoms with E-state index in [0.717, 1.165) is 21.2 Å². The minimum absolute atomic E-state index is 0.00374. The van der Waals surface area contributed by atoms with Gasteiger partial charge in [-0.1, -0.05) is 36.4 Å². The molecule has 3 aromatic heterocycles. The Labute approximate surface area is 272 Å². The Kier molecular flexibility index (Phi) is 7.45. The molecule has 0 fully saturated rings. The van der Waals surface area contributed by atoms with E-state index in [1.165, 1.54) is 52.5 Å². The maximum Gasteiger partial charge on any atom is 0.268 e. The average molecular weight is 667 g/mol. The molecule has 7 rings (SSSR count). The van der Waals surface area contributed by atoms with E-state index in [1.54, 1.807) is 55.5 Å². The van der Waals surface area contributed by atoms with Gasteiger partial charge in [-0.3, -0.25) is 4.79 Å². The fourth-order valence-electron chi connectivity index (χ4n) is 5.47. The summed E-state index contributed by atoms with van der Waals surface area (Å²) in [6.07, 6.45) is 1.29. The van der Waals surface area contributed by atoms with Crippen LogP contribution in [0.5, 0.6) is 11.5 Å². The fourth-order valence-corrected chi connectivity index (χ4v) is 7.65. The number of hydrogen-bond donors (Lipinski definition) is 1. The standard InChI is InChI=1S/C35H24F2N4O4S2/c1-21-17-23(45-32-12-6-10-28(36)33(32)37)13-14-29(21)40-35(38)27(19-39-40)34(42)31-18-26-25(22-15-16-46-20-22)9-5-11-30(26)41(31)47(43,44)24-7-3-2-4-8-24/h2-20H,38H2,1H3. The summed E-state index contributed by atoms with van der Waals surface area (Å²) in [5.41, 5.74) is 9.51. The maximum atomic E-state index is 14.3. The van der Waals surface area contributed by atoms with Gasteiger partial charge in [-0.2, -0.15) is 20.8 Å².